The van der Waals surface area contributed by atoms with E-state index >= 15 is 0 Å². The van der Waals surface area contributed by atoms with Gasteiger partial charge in [-0.15, -0.1) is 0 Å². The summed E-state index contributed by atoms with van der Waals surface area (Å²) in [6.45, 7) is 1.95. The number of aromatic nitrogens is 2. The Kier molecular flexibility index (Phi) is 5.93. The number of esters is 1. The van der Waals surface area contributed by atoms with Gasteiger partial charge in [-0.25, -0.2) is 9.97 Å². The van der Waals surface area contributed by atoms with Gasteiger partial charge in [-0.3, -0.25) is 4.79 Å². The molecule has 6 heteroatoms. The van der Waals surface area contributed by atoms with Crippen LogP contribution in [0.5, 0.6) is 0 Å². The maximum Gasteiger partial charge on any atom is 0.322 e. The molecule has 0 saturated carbocycles. The van der Waals surface area contributed by atoms with Crippen LogP contribution in [0.1, 0.15) is 12.0 Å². The second-order valence-electron chi connectivity index (χ2n) is 3.54. The minimum atomic E-state index is -0.266. The first-order valence-corrected chi connectivity index (χ1v) is 6.32. The summed E-state index contributed by atoms with van der Waals surface area (Å²) in [6.07, 6.45) is 4.25. The first kappa shape index (κ1) is 13.9. The fourth-order valence-electron chi connectivity index (χ4n) is 1.25. The molecule has 0 aromatic carbocycles. The highest BCUT2D eigenvalue weighted by Gasteiger charge is 2.16. The molecule has 1 aromatic heterocycles. The van der Waals surface area contributed by atoms with Crippen LogP contribution in [0.2, 0.25) is 0 Å². The van der Waals surface area contributed by atoms with Gasteiger partial charge in [0.25, 0.3) is 0 Å². The molecule has 0 radical (unpaired) electrons. The Labute approximate surface area is 105 Å². The normalized spacial score (nSPS) is 12.2. The zero-order chi connectivity index (χ0) is 12.7. The van der Waals surface area contributed by atoms with Crippen molar-refractivity contribution in [2.24, 2.45) is 0 Å². The van der Waals surface area contributed by atoms with Crippen molar-refractivity contribution in [3.63, 3.8) is 0 Å². The number of hydrogen-bond donors (Lipinski definition) is 1. The average Bonchev–Trinajstić information content (AvgIpc) is 2.36. The van der Waals surface area contributed by atoms with E-state index in [4.69, 9.17) is 0 Å². The molecule has 0 bridgehead atoms. The summed E-state index contributed by atoms with van der Waals surface area (Å²) in [5.74, 6) is 0.529. The number of methoxy groups -OCH3 is 1. The van der Waals surface area contributed by atoms with Crippen molar-refractivity contribution in [3.05, 3.63) is 18.0 Å². The molecule has 0 spiro atoms. The minimum Gasteiger partial charge on any atom is -0.468 e. The van der Waals surface area contributed by atoms with Gasteiger partial charge in [0.15, 0.2) is 5.16 Å². The van der Waals surface area contributed by atoms with E-state index in [1.54, 1.807) is 19.4 Å². The van der Waals surface area contributed by atoms with E-state index in [2.05, 4.69) is 20.0 Å². The summed E-state index contributed by atoms with van der Waals surface area (Å²) in [6, 6.07) is -0.266. The molecule has 0 aliphatic heterocycles. The van der Waals surface area contributed by atoms with Crippen molar-refractivity contribution in [1.29, 1.82) is 0 Å². The molecular weight excluding hydrogens is 238 g/mol. The van der Waals surface area contributed by atoms with Gasteiger partial charge in [-0.05, 0) is 26.0 Å². The number of carbonyl (C=O) groups excluding carboxylic acids is 1. The molecule has 1 N–H and O–H groups in total. The van der Waals surface area contributed by atoms with Crippen LogP contribution in [0.15, 0.2) is 17.6 Å². The summed E-state index contributed by atoms with van der Waals surface area (Å²) < 4.78 is 4.68. The van der Waals surface area contributed by atoms with Gasteiger partial charge in [0.2, 0.25) is 0 Å². The molecule has 1 rings (SSSR count). The van der Waals surface area contributed by atoms with Crippen LogP contribution in [-0.4, -0.2) is 41.9 Å². The lowest BCUT2D eigenvalue weighted by atomic mass is 10.2. The predicted molar refractivity (Wildman–Crippen MR) is 67.0 cm³/mol. The largest absolute Gasteiger partial charge is 0.468 e. The number of rotatable bonds is 6. The lowest BCUT2D eigenvalue weighted by Gasteiger charge is -2.12. The fraction of sp³-hybridized carbons (Fsp3) is 0.545. The zero-order valence-corrected chi connectivity index (χ0v) is 11.1. The van der Waals surface area contributed by atoms with Crippen LogP contribution in [-0.2, 0) is 9.53 Å². The molecule has 5 nitrogen and oxygen atoms in total. The van der Waals surface area contributed by atoms with Crippen LogP contribution in [0.25, 0.3) is 0 Å². The van der Waals surface area contributed by atoms with Gasteiger partial charge < -0.3 is 10.1 Å². The molecule has 0 fully saturated rings. The van der Waals surface area contributed by atoms with Gasteiger partial charge in [0, 0.05) is 18.1 Å². The van der Waals surface area contributed by atoms with E-state index in [0.29, 0.717) is 6.42 Å². The van der Waals surface area contributed by atoms with E-state index in [0.717, 1.165) is 16.5 Å². The molecule has 0 aliphatic rings. The van der Waals surface area contributed by atoms with Gasteiger partial charge in [-0.1, -0.05) is 11.8 Å². The Morgan fingerprint density at radius 1 is 1.53 bits per heavy atom. The van der Waals surface area contributed by atoms with Gasteiger partial charge in [0.1, 0.15) is 6.04 Å². The molecule has 1 atom stereocenters. The number of carbonyl (C=O) groups is 1. The fourth-order valence-corrected chi connectivity index (χ4v) is 2.04. The van der Waals surface area contributed by atoms with E-state index in [1.807, 2.05) is 6.92 Å². The number of nitrogens with zero attached hydrogens (tertiary/aromatic N) is 2. The van der Waals surface area contributed by atoms with Gasteiger partial charge in [0.05, 0.1) is 7.11 Å². The summed E-state index contributed by atoms with van der Waals surface area (Å²) >= 11 is 1.53. The van der Waals surface area contributed by atoms with Crippen LogP contribution in [0.3, 0.4) is 0 Å². The lowest BCUT2D eigenvalue weighted by Crippen LogP contribution is -2.35. The van der Waals surface area contributed by atoms with Crippen molar-refractivity contribution >= 4 is 17.7 Å². The second-order valence-corrected chi connectivity index (χ2v) is 4.61. The Hall–Kier alpha value is -1.14. The first-order valence-electron chi connectivity index (χ1n) is 5.34. The van der Waals surface area contributed by atoms with Crippen LogP contribution < -0.4 is 5.32 Å². The Bertz CT molecular complexity index is 356. The molecule has 0 aliphatic carbocycles. The maximum absolute atomic E-state index is 11.3. The molecular formula is C11H17N3O2S. The molecule has 94 valence electrons. The van der Waals surface area contributed by atoms with Crippen molar-refractivity contribution in [1.82, 2.24) is 15.3 Å². The summed E-state index contributed by atoms with van der Waals surface area (Å²) in [5, 5.41) is 3.65. The van der Waals surface area contributed by atoms with Crippen LogP contribution in [0, 0.1) is 6.92 Å². The summed E-state index contributed by atoms with van der Waals surface area (Å²) in [7, 11) is 3.14. The third kappa shape index (κ3) is 4.70. The highest BCUT2D eigenvalue weighted by Crippen LogP contribution is 2.14. The van der Waals surface area contributed by atoms with Crippen molar-refractivity contribution in [2.45, 2.75) is 24.5 Å². The molecule has 1 aromatic rings. The topological polar surface area (TPSA) is 64.1 Å². The maximum atomic E-state index is 11.3. The first-order chi connectivity index (χ1) is 8.17. The van der Waals surface area contributed by atoms with E-state index < -0.39 is 0 Å². The number of nitrogens with one attached hydrogen (secondary N) is 1. The number of ether oxygens (including phenoxy) is 1. The Balaban J connectivity index is 2.36. The smallest absolute Gasteiger partial charge is 0.322 e. The second kappa shape index (κ2) is 7.24. The standard InChI is InChI=1S/C11H17N3O2S/c1-8-6-13-11(14-7-8)17-5-4-9(12-2)10(15)16-3/h6-7,9,12H,4-5H2,1-3H3. The lowest BCUT2D eigenvalue weighted by molar-refractivity contribution is -0.143. The summed E-state index contributed by atoms with van der Waals surface area (Å²) in [5.41, 5.74) is 1.04. The molecule has 1 unspecified atom stereocenters. The van der Waals surface area contributed by atoms with Crippen molar-refractivity contribution in [3.8, 4) is 0 Å². The average molecular weight is 255 g/mol. The van der Waals surface area contributed by atoms with Crippen LogP contribution in [0.4, 0.5) is 0 Å². The number of likely N-dealkylation sites (N-methyl/N-ethyl adjacent to an activating group) is 1. The van der Waals surface area contributed by atoms with Crippen molar-refractivity contribution < 1.29 is 9.53 Å². The van der Waals surface area contributed by atoms with E-state index in [9.17, 15) is 4.79 Å². The van der Waals surface area contributed by atoms with Crippen molar-refractivity contribution in [2.75, 3.05) is 19.9 Å². The third-order valence-corrected chi connectivity index (χ3v) is 3.14. The SMILES string of the molecule is CNC(CCSc1ncc(C)cn1)C(=O)OC. The zero-order valence-electron chi connectivity index (χ0n) is 10.3. The highest BCUT2D eigenvalue weighted by molar-refractivity contribution is 7.99. The minimum absolute atomic E-state index is 0.238. The predicted octanol–water partition coefficient (Wildman–Crippen LogP) is 1.03. The molecule has 17 heavy (non-hydrogen) atoms. The van der Waals surface area contributed by atoms with Gasteiger partial charge >= 0.3 is 5.97 Å². The number of thioether (sulfide) groups is 1. The van der Waals surface area contributed by atoms with E-state index in [-0.39, 0.29) is 12.0 Å². The van der Waals surface area contributed by atoms with E-state index in [1.165, 1.54) is 18.9 Å². The molecule has 0 amide bonds. The molecule has 0 saturated heterocycles. The van der Waals surface area contributed by atoms with Crippen LogP contribution >= 0.6 is 11.8 Å². The summed E-state index contributed by atoms with van der Waals surface area (Å²) in [4.78, 5) is 19.7. The Morgan fingerprint density at radius 3 is 2.71 bits per heavy atom. The third-order valence-electron chi connectivity index (χ3n) is 2.23. The molecule has 1 heterocycles. The monoisotopic (exact) mass is 255 g/mol. The number of hydrogen-bond acceptors (Lipinski definition) is 6. The highest BCUT2D eigenvalue weighted by atomic mass is 32.2. The number of aryl methyl sites for hydroxylation is 1. The van der Waals surface area contributed by atoms with Gasteiger partial charge in [-0.2, -0.15) is 0 Å². The Morgan fingerprint density at radius 2 is 2.18 bits per heavy atom. The quantitative estimate of drug-likeness (QED) is 0.465.